The Morgan fingerprint density at radius 2 is 2.16 bits per heavy atom. The molecule has 0 saturated carbocycles. The number of benzene rings is 1. The Kier molecular flexibility index (Phi) is 5.12. The number of carbonyl (C=O) groups is 1. The maximum absolute atomic E-state index is 12.3. The van der Waals surface area contributed by atoms with Crippen LogP contribution in [0.15, 0.2) is 54.3 Å². The minimum absolute atomic E-state index is 0.0557. The number of rotatable bonds is 5. The third-order valence-electron chi connectivity index (χ3n) is 2.72. The minimum atomic E-state index is -0.0557. The van der Waals surface area contributed by atoms with Crippen LogP contribution < -0.4 is 5.73 Å². The highest BCUT2D eigenvalue weighted by Crippen LogP contribution is 2.17. The van der Waals surface area contributed by atoms with Gasteiger partial charge in [-0.1, -0.05) is 24.8 Å². The van der Waals surface area contributed by atoms with E-state index in [2.05, 4.69) is 6.58 Å². The molecule has 1 aromatic rings. The van der Waals surface area contributed by atoms with Crippen LogP contribution in [0, 0.1) is 6.92 Å². The number of hydrogen-bond donors (Lipinski definition) is 2. The number of aryl methyl sites for hydroxylation is 1. The van der Waals surface area contributed by atoms with Crippen LogP contribution in [0.4, 0.5) is 5.69 Å². The smallest absolute Gasteiger partial charge is 0.192 e. The molecule has 0 aliphatic heterocycles. The predicted molar refractivity (Wildman–Crippen MR) is 79.2 cm³/mol. The van der Waals surface area contributed by atoms with Gasteiger partial charge in [-0.25, -0.2) is 0 Å². The van der Waals surface area contributed by atoms with Crippen LogP contribution in [0.25, 0.3) is 0 Å². The van der Waals surface area contributed by atoms with Crippen molar-refractivity contribution in [2.75, 3.05) is 5.73 Å². The van der Waals surface area contributed by atoms with Crippen molar-refractivity contribution >= 4 is 11.5 Å². The zero-order chi connectivity index (χ0) is 14.4. The van der Waals surface area contributed by atoms with Crippen LogP contribution in [0.5, 0.6) is 0 Å². The van der Waals surface area contributed by atoms with Crippen LogP contribution in [0.3, 0.4) is 0 Å². The van der Waals surface area contributed by atoms with Gasteiger partial charge in [-0.15, -0.1) is 0 Å². The summed E-state index contributed by atoms with van der Waals surface area (Å²) in [5, 5.41) is 9.00. The first kappa shape index (κ1) is 14.8. The Morgan fingerprint density at radius 1 is 1.47 bits per heavy atom. The van der Waals surface area contributed by atoms with Crippen molar-refractivity contribution in [3.05, 3.63) is 65.5 Å². The zero-order valence-corrected chi connectivity index (χ0v) is 11.3. The molecule has 0 radical (unpaired) electrons. The molecule has 3 nitrogen and oxygen atoms in total. The summed E-state index contributed by atoms with van der Waals surface area (Å²) in [5.41, 5.74) is 8.38. The number of carbonyl (C=O) groups excluding carboxylic acids is 1. The lowest BCUT2D eigenvalue weighted by molar-refractivity contribution is 0.103. The Bertz CT molecular complexity index is 554. The Morgan fingerprint density at radius 3 is 2.68 bits per heavy atom. The second kappa shape index (κ2) is 6.59. The van der Waals surface area contributed by atoms with Crippen molar-refractivity contribution < 1.29 is 9.90 Å². The summed E-state index contributed by atoms with van der Waals surface area (Å²) >= 11 is 0. The highest BCUT2D eigenvalue weighted by molar-refractivity contribution is 6.11. The van der Waals surface area contributed by atoms with Gasteiger partial charge in [0, 0.05) is 23.2 Å². The third-order valence-corrected chi connectivity index (χ3v) is 2.72. The Hall–Kier alpha value is -2.29. The van der Waals surface area contributed by atoms with Crippen LogP contribution in [-0.2, 0) is 0 Å². The van der Waals surface area contributed by atoms with E-state index in [4.69, 9.17) is 10.8 Å². The largest absolute Gasteiger partial charge is 0.513 e. The van der Waals surface area contributed by atoms with E-state index in [1.807, 2.05) is 6.92 Å². The minimum Gasteiger partial charge on any atom is -0.513 e. The number of nitrogen functional groups attached to an aromatic ring is 1. The SMILES string of the molecule is C=C(O)C/C=C\C(=C/C)C(=O)c1ccc(N)cc1C. The van der Waals surface area contributed by atoms with Gasteiger partial charge in [0.1, 0.15) is 0 Å². The number of nitrogens with two attached hydrogens (primary N) is 1. The summed E-state index contributed by atoms with van der Waals surface area (Å²) < 4.78 is 0. The average molecular weight is 257 g/mol. The van der Waals surface area contributed by atoms with Gasteiger partial charge >= 0.3 is 0 Å². The molecule has 0 fully saturated rings. The Balaban J connectivity index is 2.97. The molecule has 100 valence electrons. The lowest BCUT2D eigenvalue weighted by atomic mass is 9.98. The monoisotopic (exact) mass is 257 g/mol. The highest BCUT2D eigenvalue weighted by atomic mass is 16.3. The number of hydrogen-bond acceptors (Lipinski definition) is 3. The molecule has 0 saturated heterocycles. The maximum Gasteiger partial charge on any atom is 0.192 e. The van der Waals surface area contributed by atoms with Crippen LogP contribution in [0.2, 0.25) is 0 Å². The molecule has 3 N–H and O–H groups in total. The van der Waals surface area contributed by atoms with E-state index in [0.29, 0.717) is 23.2 Å². The van der Waals surface area contributed by atoms with Crippen molar-refractivity contribution in [1.29, 1.82) is 0 Å². The number of aliphatic hydroxyl groups excluding tert-OH is 1. The van der Waals surface area contributed by atoms with E-state index in [1.54, 1.807) is 43.4 Å². The van der Waals surface area contributed by atoms with E-state index in [1.165, 1.54) is 0 Å². The van der Waals surface area contributed by atoms with Crippen molar-refractivity contribution in [2.24, 2.45) is 0 Å². The summed E-state index contributed by atoms with van der Waals surface area (Å²) in [6, 6.07) is 5.22. The molecule has 0 aromatic heterocycles. The molecule has 1 rings (SSSR count). The highest BCUT2D eigenvalue weighted by Gasteiger charge is 2.11. The fourth-order valence-corrected chi connectivity index (χ4v) is 1.72. The van der Waals surface area contributed by atoms with E-state index in [0.717, 1.165) is 5.56 Å². The summed E-state index contributed by atoms with van der Waals surface area (Å²) in [6.45, 7) is 7.05. The van der Waals surface area contributed by atoms with Crippen LogP contribution >= 0.6 is 0 Å². The van der Waals surface area contributed by atoms with Crippen LogP contribution in [-0.4, -0.2) is 10.9 Å². The topological polar surface area (TPSA) is 63.3 Å². The molecule has 0 unspecified atom stereocenters. The molecule has 0 heterocycles. The molecule has 0 aliphatic rings. The normalized spacial score (nSPS) is 11.8. The first-order valence-corrected chi connectivity index (χ1v) is 6.06. The van der Waals surface area contributed by atoms with E-state index in [-0.39, 0.29) is 11.5 Å². The number of allylic oxidation sites excluding steroid dienone is 4. The first-order valence-electron chi connectivity index (χ1n) is 6.06. The van der Waals surface area contributed by atoms with Crippen molar-refractivity contribution in [2.45, 2.75) is 20.3 Å². The number of aliphatic hydroxyl groups is 1. The molecular formula is C16H19NO2. The van der Waals surface area contributed by atoms with Crippen molar-refractivity contribution in [1.82, 2.24) is 0 Å². The molecule has 0 amide bonds. The van der Waals surface area contributed by atoms with E-state index >= 15 is 0 Å². The molecule has 3 heteroatoms. The summed E-state index contributed by atoms with van der Waals surface area (Å²) in [6.07, 6.45) is 5.49. The number of ketones is 1. The third kappa shape index (κ3) is 4.14. The fourth-order valence-electron chi connectivity index (χ4n) is 1.72. The zero-order valence-electron chi connectivity index (χ0n) is 11.3. The van der Waals surface area contributed by atoms with Gasteiger partial charge in [0.25, 0.3) is 0 Å². The summed E-state index contributed by atoms with van der Waals surface area (Å²) in [7, 11) is 0. The predicted octanol–water partition coefficient (Wildman–Crippen LogP) is 3.72. The molecule has 19 heavy (non-hydrogen) atoms. The van der Waals surface area contributed by atoms with Gasteiger partial charge < -0.3 is 10.8 Å². The standard InChI is InChI=1S/C16H19NO2/c1-4-13(7-5-6-12(3)18)16(19)15-9-8-14(17)10-11(15)2/h4-5,7-10,18H,3,6,17H2,1-2H3/b7-5-,13-4+. The second-order valence-electron chi connectivity index (χ2n) is 4.32. The lowest BCUT2D eigenvalue weighted by Gasteiger charge is -2.06. The maximum atomic E-state index is 12.3. The van der Waals surface area contributed by atoms with Gasteiger partial charge in [-0.05, 0) is 37.6 Å². The average Bonchev–Trinajstić information content (AvgIpc) is 2.33. The molecule has 1 aromatic carbocycles. The first-order chi connectivity index (χ1) is 8.95. The Labute approximate surface area is 113 Å². The van der Waals surface area contributed by atoms with Crippen molar-refractivity contribution in [3.63, 3.8) is 0 Å². The van der Waals surface area contributed by atoms with Crippen molar-refractivity contribution in [3.8, 4) is 0 Å². The lowest BCUT2D eigenvalue weighted by Crippen LogP contribution is -2.04. The molecule has 0 aliphatic carbocycles. The summed E-state index contributed by atoms with van der Waals surface area (Å²) in [5.74, 6) is 0.0163. The van der Waals surface area contributed by atoms with Gasteiger partial charge in [0.05, 0.1) is 5.76 Å². The second-order valence-corrected chi connectivity index (χ2v) is 4.32. The van der Waals surface area contributed by atoms with E-state index < -0.39 is 0 Å². The molecule has 0 spiro atoms. The summed E-state index contributed by atoms with van der Waals surface area (Å²) in [4.78, 5) is 12.3. The molecule has 0 bridgehead atoms. The van der Waals surface area contributed by atoms with Gasteiger partial charge in [0.15, 0.2) is 5.78 Å². The van der Waals surface area contributed by atoms with E-state index in [9.17, 15) is 4.79 Å². The van der Waals surface area contributed by atoms with Gasteiger partial charge in [-0.2, -0.15) is 0 Å². The molecule has 0 atom stereocenters. The van der Waals surface area contributed by atoms with Gasteiger partial charge in [0.2, 0.25) is 0 Å². The molecular weight excluding hydrogens is 238 g/mol. The van der Waals surface area contributed by atoms with Crippen LogP contribution in [0.1, 0.15) is 29.3 Å². The van der Waals surface area contributed by atoms with Gasteiger partial charge in [-0.3, -0.25) is 4.79 Å². The quantitative estimate of drug-likeness (QED) is 0.278. The fraction of sp³-hybridized carbons (Fsp3) is 0.188. The number of Topliss-reactive ketones (excluding diaryl/α,β-unsaturated/α-hetero) is 1. The number of anilines is 1.